The van der Waals surface area contributed by atoms with Crippen LogP contribution in [0.15, 0.2) is 23.4 Å². The monoisotopic (exact) mass is 294 g/mol. The second-order valence-electron chi connectivity index (χ2n) is 3.93. The van der Waals surface area contributed by atoms with Crippen molar-refractivity contribution in [1.29, 1.82) is 0 Å². The van der Waals surface area contributed by atoms with Crippen LogP contribution in [0, 0.1) is 17.0 Å². The molecule has 0 amide bonds. The lowest BCUT2D eigenvalue weighted by Crippen LogP contribution is -1.97. The first kappa shape index (κ1) is 14.0. The Bertz CT molecular complexity index is 670. The lowest BCUT2D eigenvalue weighted by Gasteiger charge is -2.00. The number of hydrogen-bond donors (Lipinski definition) is 2. The Morgan fingerprint density at radius 2 is 2.30 bits per heavy atom. The molecule has 0 spiro atoms. The fraction of sp³-hybridized carbons (Fsp3) is 0.182. The number of nitro benzene ring substituents is 1. The normalized spacial score (nSPS) is 10.4. The van der Waals surface area contributed by atoms with Crippen molar-refractivity contribution in [3.05, 3.63) is 33.9 Å². The van der Waals surface area contributed by atoms with Gasteiger partial charge in [-0.2, -0.15) is 0 Å². The number of aryl methyl sites for hydroxylation is 1. The Morgan fingerprint density at radius 3 is 2.95 bits per heavy atom. The molecule has 0 aliphatic carbocycles. The van der Waals surface area contributed by atoms with Crippen molar-refractivity contribution in [3.63, 3.8) is 0 Å². The fourth-order valence-electron chi connectivity index (χ4n) is 1.56. The number of benzene rings is 1. The van der Waals surface area contributed by atoms with Gasteiger partial charge in [0.05, 0.1) is 16.2 Å². The number of aliphatic carboxylic acids is 1. The molecule has 20 heavy (non-hydrogen) atoms. The zero-order valence-electron chi connectivity index (χ0n) is 10.4. The number of nitro groups is 1. The highest BCUT2D eigenvalue weighted by molar-refractivity contribution is 7.99. The van der Waals surface area contributed by atoms with Crippen LogP contribution in [0.4, 0.5) is 5.69 Å². The van der Waals surface area contributed by atoms with Crippen LogP contribution in [0.3, 0.4) is 0 Å². The van der Waals surface area contributed by atoms with E-state index in [9.17, 15) is 14.9 Å². The highest BCUT2D eigenvalue weighted by Crippen LogP contribution is 2.29. The van der Waals surface area contributed by atoms with Crippen molar-refractivity contribution in [2.24, 2.45) is 0 Å². The Balaban J connectivity index is 2.34. The van der Waals surface area contributed by atoms with E-state index in [1.807, 2.05) is 6.92 Å². The minimum absolute atomic E-state index is 0.0819. The number of H-pyrrole nitrogens is 1. The van der Waals surface area contributed by atoms with Crippen LogP contribution in [-0.2, 0) is 4.79 Å². The summed E-state index contributed by atoms with van der Waals surface area (Å²) in [6, 6.07) is 4.67. The van der Waals surface area contributed by atoms with Crippen LogP contribution in [0.2, 0.25) is 0 Å². The van der Waals surface area contributed by atoms with Crippen LogP contribution >= 0.6 is 11.8 Å². The van der Waals surface area contributed by atoms with Crippen molar-refractivity contribution in [2.45, 2.75) is 12.1 Å². The molecule has 1 aromatic carbocycles. The molecule has 1 heterocycles. The van der Waals surface area contributed by atoms with Gasteiger partial charge in [0, 0.05) is 6.07 Å². The first-order chi connectivity index (χ1) is 9.47. The van der Waals surface area contributed by atoms with Crippen molar-refractivity contribution >= 4 is 23.4 Å². The predicted octanol–water partition coefficient (Wildman–Crippen LogP) is 1.87. The molecule has 0 bridgehead atoms. The van der Waals surface area contributed by atoms with E-state index in [0.29, 0.717) is 5.56 Å². The van der Waals surface area contributed by atoms with Gasteiger partial charge in [-0.05, 0) is 18.6 Å². The molecule has 0 saturated heterocycles. The summed E-state index contributed by atoms with van der Waals surface area (Å²) >= 11 is 0.940. The van der Waals surface area contributed by atoms with Gasteiger partial charge >= 0.3 is 5.97 Å². The Hall–Kier alpha value is -2.42. The SMILES string of the molecule is Cc1ccc([N+](=O)[O-])c(-c2nc(SCC(=O)O)n[nH]2)c1. The molecule has 0 unspecified atom stereocenters. The summed E-state index contributed by atoms with van der Waals surface area (Å²) in [5, 5.41) is 26.2. The quantitative estimate of drug-likeness (QED) is 0.490. The maximum atomic E-state index is 11.0. The third-order valence-corrected chi connectivity index (χ3v) is 3.23. The topological polar surface area (TPSA) is 122 Å². The van der Waals surface area contributed by atoms with Gasteiger partial charge in [-0.25, -0.2) is 4.98 Å². The summed E-state index contributed by atoms with van der Waals surface area (Å²) in [5.41, 5.74) is 1.09. The second kappa shape index (κ2) is 5.70. The summed E-state index contributed by atoms with van der Waals surface area (Å²) < 4.78 is 0. The van der Waals surface area contributed by atoms with E-state index in [-0.39, 0.29) is 22.4 Å². The minimum Gasteiger partial charge on any atom is -0.481 e. The average molecular weight is 294 g/mol. The highest BCUT2D eigenvalue weighted by Gasteiger charge is 2.18. The predicted molar refractivity (Wildman–Crippen MR) is 71.6 cm³/mol. The number of hydrogen-bond acceptors (Lipinski definition) is 6. The van der Waals surface area contributed by atoms with Gasteiger partial charge in [0.15, 0.2) is 5.82 Å². The Labute approximate surface area is 117 Å². The maximum absolute atomic E-state index is 11.0. The third kappa shape index (κ3) is 3.12. The summed E-state index contributed by atoms with van der Waals surface area (Å²) in [7, 11) is 0. The van der Waals surface area contributed by atoms with E-state index in [4.69, 9.17) is 5.11 Å². The number of carbonyl (C=O) groups is 1. The molecular weight excluding hydrogens is 284 g/mol. The van der Waals surface area contributed by atoms with Crippen LogP contribution in [0.5, 0.6) is 0 Å². The van der Waals surface area contributed by atoms with Crippen molar-refractivity contribution in [3.8, 4) is 11.4 Å². The number of nitrogens with zero attached hydrogens (tertiary/aromatic N) is 3. The average Bonchev–Trinajstić information content (AvgIpc) is 2.84. The van der Waals surface area contributed by atoms with Gasteiger partial charge in [-0.15, -0.1) is 5.10 Å². The number of carboxylic acids is 1. The number of carboxylic acid groups (broad SMARTS) is 1. The molecule has 2 N–H and O–H groups in total. The number of rotatable bonds is 5. The van der Waals surface area contributed by atoms with E-state index in [2.05, 4.69) is 15.2 Å². The number of aromatic amines is 1. The molecule has 1 aromatic heterocycles. The van der Waals surface area contributed by atoms with Crippen molar-refractivity contribution in [2.75, 3.05) is 5.75 Å². The van der Waals surface area contributed by atoms with E-state index >= 15 is 0 Å². The molecule has 0 aliphatic rings. The number of thioether (sulfide) groups is 1. The Kier molecular flexibility index (Phi) is 3.99. The van der Waals surface area contributed by atoms with E-state index in [1.54, 1.807) is 12.1 Å². The smallest absolute Gasteiger partial charge is 0.313 e. The first-order valence-corrected chi connectivity index (χ1v) is 6.48. The van der Waals surface area contributed by atoms with Gasteiger partial charge in [-0.1, -0.05) is 17.8 Å². The molecule has 104 valence electrons. The van der Waals surface area contributed by atoms with E-state index in [1.165, 1.54) is 6.07 Å². The van der Waals surface area contributed by atoms with Crippen molar-refractivity contribution < 1.29 is 14.8 Å². The number of aromatic nitrogens is 3. The molecule has 0 saturated carbocycles. The lowest BCUT2D eigenvalue weighted by molar-refractivity contribution is -0.384. The summed E-state index contributed by atoms with van der Waals surface area (Å²) in [6.07, 6.45) is 0. The molecule has 2 aromatic rings. The van der Waals surface area contributed by atoms with Gasteiger partial charge < -0.3 is 5.11 Å². The summed E-state index contributed by atoms with van der Waals surface area (Å²) in [6.45, 7) is 1.81. The zero-order chi connectivity index (χ0) is 14.7. The standard InChI is InChI=1S/C11H10N4O4S/c1-6-2-3-8(15(18)19)7(4-6)10-12-11(14-13-10)20-5-9(16)17/h2-4H,5H2,1H3,(H,16,17)(H,12,13,14). The van der Waals surface area contributed by atoms with Gasteiger partial charge in [-0.3, -0.25) is 20.0 Å². The molecule has 8 nitrogen and oxygen atoms in total. The van der Waals surface area contributed by atoms with Crippen LogP contribution in [0.1, 0.15) is 5.56 Å². The van der Waals surface area contributed by atoms with Gasteiger partial charge in [0.2, 0.25) is 5.16 Å². The van der Waals surface area contributed by atoms with E-state index in [0.717, 1.165) is 17.3 Å². The summed E-state index contributed by atoms with van der Waals surface area (Å²) in [4.78, 5) is 25.0. The van der Waals surface area contributed by atoms with E-state index < -0.39 is 10.9 Å². The zero-order valence-corrected chi connectivity index (χ0v) is 11.2. The summed E-state index contributed by atoms with van der Waals surface area (Å²) in [5.74, 6) is -0.913. The largest absolute Gasteiger partial charge is 0.481 e. The molecular formula is C11H10N4O4S. The first-order valence-electron chi connectivity index (χ1n) is 5.50. The Morgan fingerprint density at radius 1 is 1.55 bits per heavy atom. The molecule has 0 atom stereocenters. The maximum Gasteiger partial charge on any atom is 0.313 e. The fourth-order valence-corrected chi connectivity index (χ4v) is 2.08. The van der Waals surface area contributed by atoms with Crippen LogP contribution in [-0.4, -0.2) is 36.9 Å². The van der Waals surface area contributed by atoms with Crippen LogP contribution in [0.25, 0.3) is 11.4 Å². The number of nitrogens with one attached hydrogen (secondary N) is 1. The third-order valence-electron chi connectivity index (χ3n) is 2.39. The lowest BCUT2D eigenvalue weighted by atomic mass is 10.1. The minimum atomic E-state index is -0.983. The molecule has 0 fully saturated rings. The molecule has 0 aliphatic heterocycles. The molecule has 9 heteroatoms. The van der Waals surface area contributed by atoms with Gasteiger partial charge in [0.1, 0.15) is 0 Å². The van der Waals surface area contributed by atoms with Crippen LogP contribution < -0.4 is 0 Å². The van der Waals surface area contributed by atoms with Crippen molar-refractivity contribution in [1.82, 2.24) is 15.2 Å². The highest BCUT2D eigenvalue weighted by atomic mass is 32.2. The van der Waals surface area contributed by atoms with Gasteiger partial charge in [0.25, 0.3) is 5.69 Å². The molecule has 2 rings (SSSR count). The second-order valence-corrected chi connectivity index (χ2v) is 4.87. The molecule has 0 radical (unpaired) electrons.